The fourth-order valence-electron chi connectivity index (χ4n) is 4.10. The van der Waals surface area contributed by atoms with Gasteiger partial charge in [-0.3, -0.25) is 4.79 Å². The number of carbonyl (C=O) groups is 2. The van der Waals surface area contributed by atoms with Gasteiger partial charge in [0, 0.05) is 30.6 Å². The molecule has 1 aromatic heterocycles. The molecule has 0 spiro atoms. The molecule has 2 aliphatic rings. The van der Waals surface area contributed by atoms with Gasteiger partial charge >= 0.3 is 5.97 Å². The van der Waals surface area contributed by atoms with Crippen LogP contribution < -0.4 is 5.32 Å². The molecule has 0 aliphatic carbocycles. The number of ether oxygens (including phenoxy) is 1. The van der Waals surface area contributed by atoms with Crippen LogP contribution >= 0.6 is 0 Å². The number of cyclic esters (lactones) is 1. The van der Waals surface area contributed by atoms with E-state index in [-0.39, 0.29) is 5.91 Å². The van der Waals surface area contributed by atoms with E-state index in [1.54, 1.807) is 12.1 Å². The Morgan fingerprint density at radius 3 is 2.73 bits per heavy atom. The number of fused-ring (bicyclic) bond motifs is 2. The molecule has 2 aromatic carbocycles. The van der Waals surface area contributed by atoms with E-state index in [4.69, 9.17) is 4.74 Å². The van der Waals surface area contributed by atoms with Crippen molar-refractivity contribution in [1.29, 1.82) is 0 Å². The summed E-state index contributed by atoms with van der Waals surface area (Å²) in [6.45, 7) is 0.935. The summed E-state index contributed by atoms with van der Waals surface area (Å²) in [5.41, 5.74) is 2.97. The first-order valence-corrected chi connectivity index (χ1v) is 10.3. The summed E-state index contributed by atoms with van der Waals surface area (Å²) in [5.74, 6) is 1.11. The highest BCUT2D eigenvalue weighted by molar-refractivity contribution is 6.00. The number of carbonyl (C=O) groups excluding carboxylic acids is 2. The van der Waals surface area contributed by atoms with Crippen molar-refractivity contribution < 1.29 is 14.3 Å². The number of amides is 1. The number of nitrogens with one attached hydrogen (secondary N) is 1. The summed E-state index contributed by atoms with van der Waals surface area (Å²) in [4.78, 5) is 24.8. The van der Waals surface area contributed by atoms with Gasteiger partial charge < -0.3 is 14.6 Å². The van der Waals surface area contributed by atoms with E-state index >= 15 is 0 Å². The number of rotatable bonds is 3. The average molecular weight is 402 g/mol. The molecule has 7 heteroatoms. The molecule has 0 unspecified atom stereocenters. The Morgan fingerprint density at radius 2 is 1.87 bits per heavy atom. The smallest absolute Gasteiger partial charge is 0.339 e. The van der Waals surface area contributed by atoms with Crippen LogP contribution in [0, 0.1) is 0 Å². The number of aromatic nitrogens is 3. The predicted molar refractivity (Wildman–Crippen MR) is 111 cm³/mol. The number of hydrogen-bond acceptors (Lipinski definition) is 5. The highest BCUT2D eigenvalue weighted by Gasteiger charge is 2.31. The minimum Gasteiger partial charge on any atom is -0.448 e. The van der Waals surface area contributed by atoms with Crippen LogP contribution in [0.1, 0.15) is 41.0 Å². The van der Waals surface area contributed by atoms with E-state index in [0.29, 0.717) is 17.7 Å². The molecule has 2 aliphatic heterocycles. The third-order valence-corrected chi connectivity index (χ3v) is 5.70. The third-order valence-electron chi connectivity index (χ3n) is 5.70. The Balaban J connectivity index is 1.30. The second kappa shape index (κ2) is 7.74. The first-order chi connectivity index (χ1) is 14.7. The molecule has 7 nitrogen and oxygen atoms in total. The first-order valence-electron chi connectivity index (χ1n) is 10.3. The van der Waals surface area contributed by atoms with E-state index in [1.807, 2.05) is 36.4 Å². The fourth-order valence-corrected chi connectivity index (χ4v) is 4.10. The topological polar surface area (TPSA) is 86.1 Å². The molecule has 3 heterocycles. The highest BCUT2D eigenvalue weighted by Crippen LogP contribution is 2.25. The van der Waals surface area contributed by atoms with Crippen molar-refractivity contribution in [3.8, 4) is 11.4 Å². The summed E-state index contributed by atoms with van der Waals surface area (Å²) in [6, 6.07) is 14.8. The molecule has 30 heavy (non-hydrogen) atoms. The van der Waals surface area contributed by atoms with Gasteiger partial charge in [0.25, 0.3) is 5.91 Å². The number of anilines is 1. The Labute approximate surface area is 174 Å². The molecule has 1 amide bonds. The maximum absolute atomic E-state index is 12.7. The fraction of sp³-hybridized carbons (Fsp3) is 0.304. The second-order valence-corrected chi connectivity index (χ2v) is 7.72. The average Bonchev–Trinajstić information content (AvgIpc) is 3.02. The number of esters is 1. The standard InChI is InChI=1S/C23H22N4O3/c28-22(19-14-16-6-3-4-7-18(16)23(29)30-19)24-17-11-9-15(10-12-17)21-26-25-20-8-2-1-5-13-27(20)21/h3-4,6-7,9-12,19H,1-2,5,8,13-14H2,(H,24,28)/t19-/m1/s1. The summed E-state index contributed by atoms with van der Waals surface area (Å²) in [7, 11) is 0. The maximum atomic E-state index is 12.7. The molecule has 1 N–H and O–H groups in total. The van der Waals surface area contributed by atoms with Crippen LogP contribution in [0.4, 0.5) is 5.69 Å². The van der Waals surface area contributed by atoms with Gasteiger partial charge in [-0.2, -0.15) is 0 Å². The Bertz CT molecular complexity index is 1100. The van der Waals surface area contributed by atoms with E-state index in [1.165, 1.54) is 6.42 Å². The molecule has 0 bridgehead atoms. The molecule has 1 atom stereocenters. The largest absolute Gasteiger partial charge is 0.448 e. The van der Waals surface area contributed by atoms with Gasteiger partial charge in [0.1, 0.15) is 5.82 Å². The summed E-state index contributed by atoms with van der Waals surface area (Å²) in [6.07, 6.45) is 4.00. The van der Waals surface area contributed by atoms with Crippen LogP contribution in [0.3, 0.4) is 0 Å². The van der Waals surface area contributed by atoms with Crippen LogP contribution in [0.2, 0.25) is 0 Å². The Kier molecular flexibility index (Phi) is 4.78. The zero-order valence-electron chi connectivity index (χ0n) is 16.5. The zero-order valence-corrected chi connectivity index (χ0v) is 16.5. The molecule has 152 valence electrons. The second-order valence-electron chi connectivity index (χ2n) is 7.72. The van der Waals surface area contributed by atoms with Crippen molar-refractivity contribution in [2.24, 2.45) is 0 Å². The maximum Gasteiger partial charge on any atom is 0.339 e. The lowest BCUT2D eigenvalue weighted by Crippen LogP contribution is -2.37. The van der Waals surface area contributed by atoms with Crippen molar-refractivity contribution in [3.63, 3.8) is 0 Å². The van der Waals surface area contributed by atoms with Crippen LogP contribution in [0.5, 0.6) is 0 Å². The van der Waals surface area contributed by atoms with Crippen molar-refractivity contribution in [2.75, 3.05) is 5.32 Å². The van der Waals surface area contributed by atoms with Crippen LogP contribution in [0.25, 0.3) is 11.4 Å². The Hall–Kier alpha value is -3.48. The highest BCUT2D eigenvalue weighted by atomic mass is 16.5. The van der Waals surface area contributed by atoms with E-state index < -0.39 is 12.1 Å². The van der Waals surface area contributed by atoms with Gasteiger partial charge in [-0.15, -0.1) is 10.2 Å². The lowest BCUT2D eigenvalue weighted by atomic mass is 9.98. The third kappa shape index (κ3) is 3.47. The molecule has 5 rings (SSSR count). The quantitative estimate of drug-likeness (QED) is 0.679. The van der Waals surface area contributed by atoms with Crippen LogP contribution in [-0.2, 0) is 28.9 Å². The minimum absolute atomic E-state index is 0.332. The molecule has 0 radical (unpaired) electrons. The number of hydrogen-bond donors (Lipinski definition) is 1. The van der Waals surface area contributed by atoms with Gasteiger partial charge in [0.2, 0.25) is 0 Å². The predicted octanol–water partition coefficient (Wildman–Crippen LogP) is 3.39. The summed E-state index contributed by atoms with van der Waals surface area (Å²) in [5, 5.41) is 11.6. The van der Waals surface area contributed by atoms with Gasteiger partial charge in [-0.1, -0.05) is 24.6 Å². The summed E-state index contributed by atoms with van der Waals surface area (Å²) >= 11 is 0. The number of nitrogens with zero attached hydrogens (tertiary/aromatic N) is 3. The van der Waals surface area contributed by atoms with E-state index in [0.717, 1.165) is 48.6 Å². The first kappa shape index (κ1) is 18.5. The molecular weight excluding hydrogens is 380 g/mol. The SMILES string of the molecule is O=C1O[C@@H](C(=O)Nc2ccc(-c3nnc4n3CCCCC4)cc2)Cc2ccccc21. The van der Waals surface area contributed by atoms with Crippen molar-refractivity contribution >= 4 is 17.6 Å². The van der Waals surface area contributed by atoms with Gasteiger partial charge in [-0.05, 0) is 48.7 Å². The van der Waals surface area contributed by atoms with Gasteiger partial charge in [0.05, 0.1) is 5.56 Å². The molecular formula is C23H22N4O3. The lowest BCUT2D eigenvalue weighted by molar-refractivity contribution is -0.125. The van der Waals surface area contributed by atoms with E-state index in [2.05, 4.69) is 20.1 Å². The van der Waals surface area contributed by atoms with Crippen LogP contribution in [-0.4, -0.2) is 32.7 Å². The van der Waals surface area contributed by atoms with Crippen molar-refractivity contribution in [2.45, 2.75) is 44.8 Å². The van der Waals surface area contributed by atoms with Gasteiger partial charge in [0.15, 0.2) is 11.9 Å². The lowest BCUT2D eigenvalue weighted by Gasteiger charge is -2.23. The normalized spacial score (nSPS) is 18.0. The zero-order chi connectivity index (χ0) is 20.5. The molecule has 0 saturated carbocycles. The van der Waals surface area contributed by atoms with Gasteiger partial charge in [-0.25, -0.2) is 4.79 Å². The molecule has 0 saturated heterocycles. The van der Waals surface area contributed by atoms with Crippen LogP contribution in [0.15, 0.2) is 48.5 Å². The minimum atomic E-state index is -0.834. The summed E-state index contributed by atoms with van der Waals surface area (Å²) < 4.78 is 7.52. The van der Waals surface area contributed by atoms with E-state index in [9.17, 15) is 9.59 Å². The number of aryl methyl sites for hydroxylation is 1. The van der Waals surface area contributed by atoms with Crippen molar-refractivity contribution in [1.82, 2.24) is 14.8 Å². The monoisotopic (exact) mass is 402 g/mol. The number of benzene rings is 2. The molecule has 3 aromatic rings. The van der Waals surface area contributed by atoms with Crippen molar-refractivity contribution in [3.05, 3.63) is 65.5 Å². The molecule has 0 fully saturated rings. The Morgan fingerprint density at radius 1 is 1.03 bits per heavy atom.